The Morgan fingerprint density at radius 1 is 1.50 bits per heavy atom. The van der Waals surface area contributed by atoms with Gasteiger partial charge in [0.2, 0.25) is 6.79 Å². The lowest BCUT2D eigenvalue weighted by atomic mass is 10.2. The first-order chi connectivity index (χ1) is 7.79. The summed E-state index contributed by atoms with van der Waals surface area (Å²) in [6.45, 7) is 2.92. The molecule has 1 aliphatic rings. The molecule has 0 aliphatic carbocycles. The van der Waals surface area contributed by atoms with Crippen molar-refractivity contribution in [3.05, 3.63) is 28.6 Å². The van der Waals surface area contributed by atoms with Crippen LogP contribution < -0.4 is 14.9 Å². The van der Waals surface area contributed by atoms with Crippen LogP contribution in [-0.2, 0) is 6.54 Å². The maximum absolute atomic E-state index is 11.7. The summed E-state index contributed by atoms with van der Waals surface area (Å²) in [4.78, 5) is 16.0. The van der Waals surface area contributed by atoms with Gasteiger partial charge in [-0.3, -0.25) is 4.79 Å². The van der Waals surface area contributed by atoms with Crippen LogP contribution in [0.3, 0.4) is 0 Å². The molecule has 5 nitrogen and oxygen atoms in total. The molecule has 1 aliphatic heterocycles. The molecule has 0 atom stereocenters. The largest absolute Gasteiger partial charge is 0.452 e. The first kappa shape index (κ1) is 9.21. The molecule has 0 amide bonds. The molecule has 3 rings (SSSR count). The summed E-state index contributed by atoms with van der Waals surface area (Å²) < 4.78 is 12.3. The van der Waals surface area contributed by atoms with Gasteiger partial charge >= 0.3 is 0 Å². The fourth-order valence-electron chi connectivity index (χ4n) is 1.80. The first-order valence-electron chi connectivity index (χ1n) is 5.09. The molecule has 3 heterocycles. The lowest BCUT2D eigenvalue weighted by Gasteiger charge is -2.07. The number of aromatic nitrogens is 2. The monoisotopic (exact) mass is 218 g/mol. The van der Waals surface area contributed by atoms with Crippen molar-refractivity contribution >= 4 is 11.0 Å². The molecule has 0 N–H and O–H groups in total. The summed E-state index contributed by atoms with van der Waals surface area (Å²) in [7, 11) is 0. The van der Waals surface area contributed by atoms with E-state index in [1.807, 2.05) is 11.5 Å². The number of nitrogens with zero attached hydrogens (tertiary/aromatic N) is 2. The van der Waals surface area contributed by atoms with Gasteiger partial charge in [-0.15, -0.1) is 0 Å². The number of fused-ring (bicyclic) bond motifs is 2. The number of hydrogen-bond donors (Lipinski definition) is 0. The minimum absolute atomic E-state index is 0.0505. The molecule has 2 aromatic heterocycles. The summed E-state index contributed by atoms with van der Waals surface area (Å²) >= 11 is 0. The Kier molecular flexibility index (Phi) is 1.86. The highest BCUT2D eigenvalue weighted by molar-refractivity contribution is 5.78. The highest BCUT2D eigenvalue weighted by Gasteiger charge is 2.17. The number of pyridine rings is 2. The predicted octanol–water partition coefficient (Wildman–Crippen LogP) is 1.15. The minimum Gasteiger partial charge on any atom is -0.452 e. The molecular weight excluding hydrogens is 208 g/mol. The van der Waals surface area contributed by atoms with Gasteiger partial charge in [0.1, 0.15) is 5.65 Å². The van der Waals surface area contributed by atoms with E-state index in [0.29, 0.717) is 22.7 Å². The molecule has 0 fully saturated rings. The van der Waals surface area contributed by atoms with Gasteiger partial charge in [-0.1, -0.05) is 0 Å². The van der Waals surface area contributed by atoms with Crippen molar-refractivity contribution in [2.75, 3.05) is 6.79 Å². The predicted molar refractivity (Wildman–Crippen MR) is 57.8 cm³/mol. The average Bonchev–Trinajstić information content (AvgIpc) is 2.75. The second kappa shape index (κ2) is 3.23. The average molecular weight is 218 g/mol. The van der Waals surface area contributed by atoms with Gasteiger partial charge in [-0.2, -0.15) is 4.98 Å². The number of hydrogen-bond acceptors (Lipinski definition) is 4. The third-order valence-corrected chi connectivity index (χ3v) is 2.63. The van der Waals surface area contributed by atoms with E-state index in [-0.39, 0.29) is 12.2 Å². The summed E-state index contributed by atoms with van der Waals surface area (Å²) in [5.41, 5.74) is 0.588. The lowest BCUT2D eigenvalue weighted by Crippen LogP contribution is -2.08. The van der Waals surface area contributed by atoms with E-state index in [0.717, 1.165) is 6.54 Å². The Morgan fingerprint density at radius 2 is 2.38 bits per heavy atom. The van der Waals surface area contributed by atoms with E-state index in [1.165, 1.54) is 6.07 Å². The molecule has 16 heavy (non-hydrogen) atoms. The molecule has 0 saturated heterocycles. The topological polar surface area (TPSA) is 53.4 Å². The second-order valence-corrected chi connectivity index (χ2v) is 3.54. The third kappa shape index (κ3) is 1.18. The minimum atomic E-state index is -0.0505. The highest BCUT2D eigenvalue weighted by atomic mass is 16.7. The summed E-state index contributed by atoms with van der Waals surface area (Å²) in [5.74, 6) is 0.999. The Morgan fingerprint density at radius 3 is 3.19 bits per heavy atom. The van der Waals surface area contributed by atoms with Crippen LogP contribution in [0.15, 0.2) is 23.1 Å². The third-order valence-electron chi connectivity index (χ3n) is 2.63. The van der Waals surface area contributed by atoms with Crippen LogP contribution in [0, 0.1) is 0 Å². The quantitative estimate of drug-likeness (QED) is 0.720. The van der Waals surface area contributed by atoms with Crippen molar-refractivity contribution in [1.82, 2.24) is 9.55 Å². The van der Waals surface area contributed by atoms with Crippen LogP contribution in [0.2, 0.25) is 0 Å². The van der Waals surface area contributed by atoms with E-state index < -0.39 is 0 Å². The van der Waals surface area contributed by atoms with Crippen LogP contribution in [0.5, 0.6) is 11.6 Å². The fourth-order valence-corrected chi connectivity index (χ4v) is 1.80. The number of aryl methyl sites for hydroxylation is 1. The molecule has 5 heteroatoms. The zero-order valence-electron chi connectivity index (χ0n) is 8.77. The highest BCUT2D eigenvalue weighted by Crippen LogP contribution is 2.31. The van der Waals surface area contributed by atoms with Crippen LogP contribution in [0.25, 0.3) is 11.0 Å². The van der Waals surface area contributed by atoms with Gasteiger partial charge in [-0.05, 0) is 6.92 Å². The smallest absolute Gasteiger partial charge is 0.262 e. The molecule has 0 bridgehead atoms. The van der Waals surface area contributed by atoms with E-state index >= 15 is 0 Å². The normalized spacial score (nSPS) is 13.3. The van der Waals surface area contributed by atoms with Crippen molar-refractivity contribution in [3.63, 3.8) is 0 Å². The van der Waals surface area contributed by atoms with Gasteiger partial charge in [-0.25, -0.2) is 0 Å². The van der Waals surface area contributed by atoms with Gasteiger partial charge in [0.15, 0.2) is 11.2 Å². The molecular formula is C11H10N2O3. The van der Waals surface area contributed by atoms with E-state index in [9.17, 15) is 4.79 Å². The van der Waals surface area contributed by atoms with Crippen molar-refractivity contribution in [1.29, 1.82) is 0 Å². The summed E-state index contributed by atoms with van der Waals surface area (Å²) in [5, 5.41) is 0.564. The van der Waals surface area contributed by atoms with Gasteiger partial charge in [0, 0.05) is 24.9 Å². The standard InChI is InChI=1S/C11H10N2O3/c1-2-13-4-3-8(14)7-5-9-11(12-10(7)13)16-6-15-9/h3-5H,2,6H2,1H3. The van der Waals surface area contributed by atoms with Gasteiger partial charge < -0.3 is 14.0 Å². The maximum Gasteiger partial charge on any atom is 0.262 e. The number of rotatable bonds is 1. The first-order valence-corrected chi connectivity index (χ1v) is 5.09. The Labute approximate surface area is 91.2 Å². The van der Waals surface area contributed by atoms with Crippen LogP contribution in [0.1, 0.15) is 6.92 Å². The molecule has 0 unspecified atom stereocenters. The Hall–Kier alpha value is -2.04. The van der Waals surface area contributed by atoms with Crippen LogP contribution in [-0.4, -0.2) is 16.3 Å². The van der Waals surface area contributed by atoms with Crippen molar-refractivity contribution in [2.45, 2.75) is 13.5 Å². The van der Waals surface area contributed by atoms with Crippen molar-refractivity contribution < 1.29 is 9.47 Å². The molecule has 2 aromatic rings. The maximum atomic E-state index is 11.7. The summed E-state index contributed by atoms with van der Waals surface area (Å²) in [6.07, 6.45) is 1.74. The number of ether oxygens (including phenoxy) is 2. The zero-order chi connectivity index (χ0) is 11.1. The Bertz CT molecular complexity index is 618. The molecule has 0 aromatic carbocycles. The molecule has 0 saturated carbocycles. The van der Waals surface area contributed by atoms with E-state index in [4.69, 9.17) is 9.47 Å². The van der Waals surface area contributed by atoms with Gasteiger partial charge in [0.05, 0.1) is 5.39 Å². The summed E-state index contributed by atoms with van der Waals surface area (Å²) in [6, 6.07) is 3.23. The second-order valence-electron chi connectivity index (χ2n) is 3.54. The van der Waals surface area contributed by atoms with Crippen LogP contribution in [0.4, 0.5) is 0 Å². The van der Waals surface area contributed by atoms with Crippen molar-refractivity contribution in [2.24, 2.45) is 0 Å². The molecule has 0 spiro atoms. The van der Waals surface area contributed by atoms with E-state index in [2.05, 4.69) is 4.98 Å². The molecule has 0 radical (unpaired) electrons. The Balaban J connectivity index is 2.42. The molecule has 82 valence electrons. The van der Waals surface area contributed by atoms with Gasteiger partial charge in [0.25, 0.3) is 5.88 Å². The lowest BCUT2D eigenvalue weighted by molar-refractivity contribution is 0.171. The fraction of sp³-hybridized carbons (Fsp3) is 0.273. The van der Waals surface area contributed by atoms with Crippen LogP contribution >= 0.6 is 0 Å². The van der Waals surface area contributed by atoms with Crippen molar-refractivity contribution in [3.8, 4) is 11.6 Å². The SMILES string of the molecule is CCn1ccc(=O)c2cc3c(nc21)OCO3. The van der Waals surface area contributed by atoms with E-state index in [1.54, 1.807) is 12.3 Å². The zero-order valence-corrected chi connectivity index (χ0v) is 8.77.